The van der Waals surface area contributed by atoms with E-state index in [4.69, 9.17) is 0 Å². The molecule has 2 rings (SSSR count). The van der Waals surface area contributed by atoms with Crippen molar-refractivity contribution < 1.29 is 5.11 Å². The Balaban J connectivity index is 2.17. The van der Waals surface area contributed by atoms with Crippen molar-refractivity contribution in [3.05, 3.63) is 29.3 Å². The van der Waals surface area contributed by atoms with Crippen molar-refractivity contribution in [1.82, 2.24) is 0 Å². The minimum absolute atomic E-state index is 0.349. The molecule has 0 amide bonds. The van der Waals surface area contributed by atoms with E-state index in [-0.39, 0.29) is 0 Å². The number of hydrogen-bond acceptors (Lipinski definition) is 2. The van der Waals surface area contributed by atoms with Crippen LogP contribution in [0.4, 0.5) is 5.69 Å². The van der Waals surface area contributed by atoms with Gasteiger partial charge in [-0.25, -0.2) is 0 Å². The Morgan fingerprint density at radius 1 is 1.29 bits per heavy atom. The fourth-order valence-corrected chi connectivity index (χ4v) is 2.80. The zero-order chi connectivity index (χ0) is 12.3. The molecule has 1 aromatic rings. The van der Waals surface area contributed by atoms with Gasteiger partial charge in [-0.15, -0.1) is 0 Å². The maximum atomic E-state index is 9.18. The van der Waals surface area contributed by atoms with Crippen molar-refractivity contribution >= 4 is 5.69 Å². The second-order valence-electron chi connectivity index (χ2n) is 5.05. The summed E-state index contributed by atoms with van der Waals surface area (Å²) in [5.74, 6) is 0.514. The Hall–Kier alpha value is -1.02. The number of aryl methyl sites for hydroxylation is 2. The first-order chi connectivity index (χ1) is 8.26. The quantitative estimate of drug-likeness (QED) is 0.867. The molecule has 0 saturated carbocycles. The van der Waals surface area contributed by atoms with Crippen LogP contribution in [0.1, 0.15) is 30.9 Å². The number of anilines is 1. The fourth-order valence-electron chi connectivity index (χ4n) is 2.80. The van der Waals surface area contributed by atoms with Gasteiger partial charge in [0.25, 0.3) is 0 Å². The van der Waals surface area contributed by atoms with E-state index in [1.165, 1.54) is 16.8 Å². The lowest BCUT2D eigenvalue weighted by Crippen LogP contribution is -2.35. The van der Waals surface area contributed by atoms with Gasteiger partial charge in [0.05, 0.1) is 0 Å². The molecule has 17 heavy (non-hydrogen) atoms. The van der Waals surface area contributed by atoms with Crippen LogP contribution in [0.5, 0.6) is 0 Å². The third-order valence-corrected chi connectivity index (χ3v) is 3.89. The summed E-state index contributed by atoms with van der Waals surface area (Å²) in [6.07, 6.45) is 3.33. The van der Waals surface area contributed by atoms with Gasteiger partial charge in [0, 0.05) is 25.4 Å². The van der Waals surface area contributed by atoms with Gasteiger partial charge in [0.1, 0.15) is 0 Å². The molecular formula is C15H23NO. The summed E-state index contributed by atoms with van der Waals surface area (Å²) in [5.41, 5.74) is 4.27. The molecule has 2 nitrogen and oxygen atoms in total. The second-order valence-corrected chi connectivity index (χ2v) is 5.05. The predicted molar refractivity (Wildman–Crippen MR) is 72.6 cm³/mol. The Morgan fingerprint density at radius 2 is 2.00 bits per heavy atom. The number of hydrogen-bond donors (Lipinski definition) is 1. The monoisotopic (exact) mass is 233 g/mol. The van der Waals surface area contributed by atoms with E-state index in [1.807, 2.05) is 0 Å². The Morgan fingerprint density at radius 3 is 2.59 bits per heavy atom. The van der Waals surface area contributed by atoms with E-state index in [0.717, 1.165) is 32.4 Å². The molecule has 0 unspecified atom stereocenters. The topological polar surface area (TPSA) is 23.5 Å². The molecule has 0 aromatic heterocycles. The highest BCUT2D eigenvalue weighted by atomic mass is 16.3. The average molecular weight is 233 g/mol. The van der Waals surface area contributed by atoms with E-state index in [0.29, 0.717) is 12.5 Å². The summed E-state index contributed by atoms with van der Waals surface area (Å²) >= 11 is 0. The molecule has 1 aromatic carbocycles. The maximum Gasteiger partial charge on any atom is 0.0460 e. The van der Waals surface area contributed by atoms with E-state index in [2.05, 4.69) is 36.9 Å². The van der Waals surface area contributed by atoms with Gasteiger partial charge in [-0.05, 0) is 43.2 Å². The van der Waals surface area contributed by atoms with Crippen LogP contribution in [-0.4, -0.2) is 24.8 Å². The Bertz CT molecular complexity index is 367. The SMILES string of the molecule is CCc1cccc(C)c1N1CCC(CO)CC1. The zero-order valence-electron chi connectivity index (χ0n) is 10.9. The van der Waals surface area contributed by atoms with Crippen molar-refractivity contribution in [1.29, 1.82) is 0 Å². The molecule has 2 heteroatoms. The van der Waals surface area contributed by atoms with E-state index in [9.17, 15) is 5.11 Å². The zero-order valence-corrected chi connectivity index (χ0v) is 10.9. The molecule has 1 fully saturated rings. The Kier molecular flexibility index (Phi) is 4.06. The smallest absolute Gasteiger partial charge is 0.0460 e. The van der Waals surface area contributed by atoms with Gasteiger partial charge in [-0.1, -0.05) is 25.1 Å². The second kappa shape index (κ2) is 5.54. The normalized spacial score (nSPS) is 17.5. The first-order valence-corrected chi connectivity index (χ1v) is 6.70. The van der Waals surface area contributed by atoms with Crippen LogP contribution in [0.15, 0.2) is 18.2 Å². The molecule has 0 aliphatic carbocycles. The highest BCUT2D eigenvalue weighted by molar-refractivity contribution is 5.59. The molecule has 1 aliphatic rings. The molecule has 1 saturated heterocycles. The molecule has 1 N–H and O–H groups in total. The van der Waals surface area contributed by atoms with Gasteiger partial charge in [-0.3, -0.25) is 0 Å². The maximum absolute atomic E-state index is 9.18. The molecule has 1 aliphatic heterocycles. The highest BCUT2D eigenvalue weighted by Gasteiger charge is 2.21. The van der Waals surface area contributed by atoms with Crippen molar-refractivity contribution in [2.24, 2.45) is 5.92 Å². The molecule has 94 valence electrons. The number of aliphatic hydroxyl groups is 1. The van der Waals surface area contributed by atoms with Crippen LogP contribution >= 0.6 is 0 Å². The van der Waals surface area contributed by atoms with Gasteiger partial charge in [0.15, 0.2) is 0 Å². The average Bonchev–Trinajstić information content (AvgIpc) is 2.38. The molecule has 0 radical (unpaired) electrons. The van der Waals surface area contributed by atoms with E-state index in [1.54, 1.807) is 0 Å². The first kappa shape index (κ1) is 12.4. The Labute approximate surface area is 104 Å². The van der Waals surface area contributed by atoms with Crippen LogP contribution in [0.2, 0.25) is 0 Å². The van der Waals surface area contributed by atoms with Crippen molar-refractivity contribution in [3.63, 3.8) is 0 Å². The summed E-state index contributed by atoms with van der Waals surface area (Å²) in [7, 11) is 0. The van der Waals surface area contributed by atoms with Crippen LogP contribution in [0.3, 0.4) is 0 Å². The van der Waals surface area contributed by atoms with Gasteiger partial charge in [-0.2, -0.15) is 0 Å². The molecule has 0 atom stereocenters. The number of piperidine rings is 1. The lowest BCUT2D eigenvalue weighted by atomic mass is 9.95. The van der Waals surface area contributed by atoms with Crippen LogP contribution < -0.4 is 4.90 Å². The van der Waals surface area contributed by atoms with Crippen LogP contribution in [0.25, 0.3) is 0 Å². The summed E-state index contributed by atoms with van der Waals surface area (Å²) < 4.78 is 0. The van der Waals surface area contributed by atoms with Crippen LogP contribution in [0, 0.1) is 12.8 Å². The first-order valence-electron chi connectivity index (χ1n) is 6.70. The summed E-state index contributed by atoms with van der Waals surface area (Å²) in [4.78, 5) is 2.50. The number of aliphatic hydroxyl groups excluding tert-OH is 1. The number of rotatable bonds is 3. The predicted octanol–water partition coefficient (Wildman–Crippen LogP) is 2.77. The van der Waals surface area contributed by atoms with Crippen molar-refractivity contribution in [2.45, 2.75) is 33.1 Å². The molecule has 0 bridgehead atoms. The van der Waals surface area contributed by atoms with Crippen molar-refractivity contribution in [3.8, 4) is 0 Å². The molecular weight excluding hydrogens is 210 g/mol. The number of para-hydroxylation sites is 1. The number of nitrogens with zero attached hydrogens (tertiary/aromatic N) is 1. The van der Waals surface area contributed by atoms with Gasteiger partial charge in [0.2, 0.25) is 0 Å². The van der Waals surface area contributed by atoms with E-state index < -0.39 is 0 Å². The number of benzene rings is 1. The highest BCUT2D eigenvalue weighted by Crippen LogP contribution is 2.29. The van der Waals surface area contributed by atoms with E-state index >= 15 is 0 Å². The lowest BCUT2D eigenvalue weighted by molar-refractivity contribution is 0.203. The summed E-state index contributed by atoms with van der Waals surface area (Å²) in [6, 6.07) is 6.59. The standard InChI is InChI=1S/C15H23NO/c1-3-14-6-4-5-12(2)15(14)16-9-7-13(11-17)8-10-16/h4-6,13,17H,3,7-11H2,1-2H3. The van der Waals surface area contributed by atoms with Gasteiger partial charge < -0.3 is 10.0 Å². The third-order valence-electron chi connectivity index (χ3n) is 3.89. The van der Waals surface area contributed by atoms with Crippen molar-refractivity contribution in [2.75, 3.05) is 24.6 Å². The molecule has 0 spiro atoms. The minimum Gasteiger partial charge on any atom is -0.396 e. The largest absolute Gasteiger partial charge is 0.396 e. The fraction of sp³-hybridized carbons (Fsp3) is 0.600. The molecule has 1 heterocycles. The van der Waals surface area contributed by atoms with Gasteiger partial charge >= 0.3 is 0 Å². The summed E-state index contributed by atoms with van der Waals surface area (Å²) in [6.45, 7) is 6.94. The lowest BCUT2D eigenvalue weighted by Gasteiger charge is -2.35. The third kappa shape index (κ3) is 2.63. The summed E-state index contributed by atoms with van der Waals surface area (Å²) in [5, 5.41) is 9.18. The van der Waals surface area contributed by atoms with Crippen LogP contribution in [-0.2, 0) is 6.42 Å². The minimum atomic E-state index is 0.349.